The average molecular weight is 414 g/mol. The molecule has 0 amide bonds. The van der Waals surface area contributed by atoms with Crippen LogP contribution in [0.2, 0.25) is 0 Å². The lowest BCUT2D eigenvalue weighted by Gasteiger charge is -2.42. The van der Waals surface area contributed by atoms with Gasteiger partial charge >= 0.3 is 0 Å². The molecule has 26 heavy (non-hydrogen) atoms. The van der Waals surface area contributed by atoms with Gasteiger partial charge in [-0.25, -0.2) is 0 Å². The van der Waals surface area contributed by atoms with E-state index in [1.807, 2.05) is 12.1 Å². The van der Waals surface area contributed by atoms with Gasteiger partial charge in [-0.1, -0.05) is 45.8 Å². The van der Waals surface area contributed by atoms with Crippen molar-refractivity contribution >= 4 is 21.6 Å². The van der Waals surface area contributed by atoms with Gasteiger partial charge < -0.3 is 10.4 Å². The lowest BCUT2D eigenvalue weighted by atomic mass is 9.88. The summed E-state index contributed by atoms with van der Waals surface area (Å²) in [6.45, 7) is 4.01. The van der Waals surface area contributed by atoms with E-state index in [1.165, 1.54) is 11.1 Å². The highest BCUT2D eigenvalue weighted by molar-refractivity contribution is 9.10. The Morgan fingerprint density at radius 3 is 2.58 bits per heavy atom. The third kappa shape index (κ3) is 3.56. The maximum atomic E-state index is 10.5. The molecule has 2 aliphatic rings. The monoisotopic (exact) mass is 413 g/mol. The average Bonchev–Trinajstić information content (AvgIpc) is 2.64. The van der Waals surface area contributed by atoms with Crippen molar-refractivity contribution < 1.29 is 5.11 Å². The summed E-state index contributed by atoms with van der Waals surface area (Å²) in [7, 11) is 0. The molecule has 5 heteroatoms. The first kappa shape index (κ1) is 17.7. The molecule has 3 N–H and O–H groups in total. The van der Waals surface area contributed by atoms with Crippen LogP contribution in [0.1, 0.15) is 42.0 Å². The first-order chi connectivity index (χ1) is 12.5. The Morgan fingerprint density at radius 1 is 1.12 bits per heavy atom. The predicted molar refractivity (Wildman–Crippen MR) is 109 cm³/mol. The fraction of sp³-hybridized carbons (Fsp3) is 0.381. The van der Waals surface area contributed by atoms with Crippen molar-refractivity contribution in [1.82, 2.24) is 10.6 Å². The molecule has 2 aromatic rings. The molecule has 1 unspecified atom stereocenters. The van der Waals surface area contributed by atoms with E-state index < -0.39 is 0 Å². The van der Waals surface area contributed by atoms with Gasteiger partial charge in [-0.05, 0) is 56.6 Å². The topological polar surface area (TPSA) is 56.7 Å². The molecule has 1 fully saturated rings. The van der Waals surface area contributed by atoms with Crippen LogP contribution in [0.25, 0.3) is 0 Å². The van der Waals surface area contributed by atoms with Gasteiger partial charge in [-0.3, -0.25) is 10.3 Å². The lowest BCUT2D eigenvalue weighted by Crippen LogP contribution is -2.55. The van der Waals surface area contributed by atoms with Gasteiger partial charge in [0, 0.05) is 28.2 Å². The van der Waals surface area contributed by atoms with E-state index in [-0.39, 0.29) is 11.7 Å². The van der Waals surface area contributed by atoms with Gasteiger partial charge in [-0.2, -0.15) is 0 Å². The molecule has 4 rings (SSSR count). The van der Waals surface area contributed by atoms with Crippen molar-refractivity contribution in [2.45, 2.75) is 37.9 Å². The number of piperidine rings is 1. The minimum absolute atomic E-state index is 0.0411. The summed E-state index contributed by atoms with van der Waals surface area (Å²) >= 11 is 3.54. The number of rotatable bonds is 2. The molecule has 0 aliphatic carbocycles. The maximum absolute atomic E-state index is 10.5. The van der Waals surface area contributed by atoms with Crippen molar-refractivity contribution in [2.75, 3.05) is 13.1 Å². The second-order valence-electron chi connectivity index (χ2n) is 7.31. The number of nitrogens with zero attached hydrogens (tertiary/aromatic N) is 1. The summed E-state index contributed by atoms with van der Waals surface area (Å²) in [6, 6.07) is 14.3. The van der Waals surface area contributed by atoms with E-state index in [2.05, 4.69) is 57.8 Å². The SMILES string of the molecule is Cc1ccc(C2=NC3(CCNCC3)NC(c3cc(Br)ccc3O)C2)cc1. The van der Waals surface area contributed by atoms with Crippen LogP contribution in [0.15, 0.2) is 51.9 Å². The molecule has 2 aliphatic heterocycles. The van der Waals surface area contributed by atoms with Crippen molar-refractivity contribution in [3.63, 3.8) is 0 Å². The van der Waals surface area contributed by atoms with Crippen molar-refractivity contribution in [3.8, 4) is 5.75 Å². The summed E-state index contributed by atoms with van der Waals surface area (Å²) in [6.07, 6.45) is 2.67. The standard InChI is InChI=1S/C21H24BrN3O/c1-14-2-4-15(5-3-14)18-13-19(17-12-16(22)6-7-20(17)26)25-21(24-18)8-10-23-11-9-21/h2-7,12,19,23,25-26H,8-11,13H2,1H3. The van der Waals surface area contributed by atoms with Crippen LogP contribution < -0.4 is 10.6 Å². The molecule has 2 aromatic carbocycles. The van der Waals surface area contributed by atoms with Crippen LogP contribution >= 0.6 is 15.9 Å². The Balaban J connectivity index is 1.75. The summed E-state index contributed by atoms with van der Waals surface area (Å²) in [4.78, 5) is 5.17. The first-order valence-electron chi connectivity index (χ1n) is 9.17. The van der Waals surface area contributed by atoms with Crippen LogP contribution in [-0.2, 0) is 0 Å². The Morgan fingerprint density at radius 2 is 1.85 bits per heavy atom. The third-order valence-electron chi connectivity index (χ3n) is 5.37. The van der Waals surface area contributed by atoms with Crippen LogP contribution in [0.5, 0.6) is 5.75 Å². The molecule has 0 saturated carbocycles. The number of phenolic OH excluding ortho intramolecular Hbond substituents is 1. The molecule has 0 radical (unpaired) electrons. The number of aromatic hydroxyl groups is 1. The number of aliphatic imine (C=N–C) groups is 1. The minimum atomic E-state index is -0.261. The summed E-state index contributed by atoms with van der Waals surface area (Å²) in [5, 5.41) is 17.6. The normalized spacial score (nSPS) is 22.2. The highest BCUT2D eigenvalue weighted by atomic mass is 79.9. The Bertz CT molecular complexity index is 826. The van der Waals surface area contributed by atoms with Gasteiger partial charge in [0.05, 0.1) is 0 Å². The zero-order valence-electron chi connectivity index (χ0n) is 14.9. The molecule has 1 saturated heterocycles. The highest BCUT2D eigenvalue weighted by Crippen LogP contribution is 2.37. The number of aryl methyl sites for hydroxylation is 1. The number of nitrogens with one attached hydrogen (secondary N) is 2. The summed E-state index contributed by atoms with van der Waals surface area (Å²) in [5.74, 6) is 0.333. The van der Waals surface area contributed by atoms with E-state index in [0.717, 1.165) is 48.1 Å². The van der Waals surface area contributed by atoms with Crippen LogP contribution in [0.4, 0.5) is 0 Å². The van der Waals surface area contributed by atoms with Gasteiger partial charge in [0.15, 0.2) is 0 Å². The van der Waals surface area contributed by atoms with Crippen LogP contribution in [0, 0.1) is 6.92 Å². The number of phenols is 1. The molecule has 1 spiro atoms. The Hall–Kier alpha value is -1.69. The Labute approximate surface area is 162 Å². The molecule has 1 atom stereocenters. The summed E-state index contributed by atoms with van der Waals surface area (Å²) in [5.41, 5.74) is 4.21. The van der Waals surface area contributed by atoms with Crippen molar-refractivity contribution in [3.05, 3.63) is 63.6 Å². The van der Waals surface area contributed by atoms with Crippen molar-refractivity contribution in [1.29, 1.82) is 0 Å². The molecule has 2 heterocycles. The third-order valence-corrected chi connectivity index (χ3v) is 5.86. The molecular weight excluding hydrogens is 390 g/mol. The van der Waals surface area contributed by atoms with Gasteiger partial charge in [0.2, 0.25) is 0 Å². The van der Waals surface area contributed by atoms with E-state index in [4.69, 9.17) is 4.99 Å². The second-order valence-corrected chi connectivity index (χ2v) is 8.23. The number of halogens is 1. The highest BCUT2D eigenvalue weighted by Gasteiger charge is 2.38. The van der Waals surface area contributed by atoms with E-state index >= 15 is 0 Å². The predicted octanol–water partition coefficient (Wildman–Crippen LogP) is 4.07. The fourth-order valence-corrected chi connectivity index (χ4v) is 4.30. The molecular formula is C21H24BrN3O. The van der Waals surface area contributed by atoms with Crippen LogP contribution in [0.3, 0.4) is 0 Å². The molecule has 0 aromatic heterocycles. The Kier molecular flexibility index (Phi) is 4.86. The summed E-state index contributed by atoms with van der Waals surface area (Å²) < 4.78 is 0.978. The van der Waals surface area contributed by atoms with Crippen molar-refractivity contribution in [2.24, 2.45) is 4.99 Å². The van der Waals surface area contributed by atoms with E-state index in [9.17, 15) is 5.11 Å². The smallest absolute Gasteiger partial charge is 0.120 e. The zero-order chi connectivity index (χ0) is 18.1. The second kappa shape index (κ2) is 7.14. The van der Waals surface area contributed by atoms with Gasteiger partial charge in [0.1, 0.15) is 11.4 Å². The molecule has 136 valence electrons. The number of hydrogen-bond donors (Lipinski definition) is 3. The minimum Gasteiger partial charge on any atom is -0.508 e. The number of benzene rings is 2. The lowest BCUT2D eigenvalue weighted by molar-refractivity contribution is 0.216. The largest absolute Gasteiger partial charge is 0.508 e. The first-order valence-corrected chi connectivity index (χ1v) is 9.97. The number of hydrogen-bond acceptors (Lipinski definition) is 4. The maximum Gasteiger partial charge on any atom is 0.120 e. The van der Waals surface area contributed by atoms with E-state index in [0.29, 0.717) is 5.75 Å². The van der Waals surface area contributed by atoms with E-state index in [1.54, 1.807) is 6.07 Å². The van der Waals surface area contributed by atoms with Crippen LogP contribution in [-0.4, -0.2) is 29.6 Å². The van der Waals surface area contributed by atoms with Gasteiger partial charge in [0.25, 0.3) is 0 Å². The quantitative estimate of drug-likeness (QED) is 0.695. The fourth-order valence-electron chi connectivity index (χ4n) is 3.92. The molecule has 0 bridgehead atoms. The van der Waals surface area contributed by atoms with Gasteiger partial charge in [-0.15, -0.1) is 0 Å². The zero-order valence-corrected chi connectivity index (χ0v) is 16.5. The molecule has 4 nitrogen and oxygen atoms in total.